The number of hydrogen-bond acceptors (Lipinski definition) is 22. The topological polar surface area (TPSA) is 332 Å². The number of nitrogens with zero attached hydrogens (tertiary/aromatic N) is 7. The number of aromatic nitrogens is 7. The number of nitrogens with one attached hydrogen (secondary N) is 6. The van der Waals surface area contributed by atoms with E-state index in [1.807, 2.05) is 13.8 Å². The van der Waals surface area contributed by atoms with E-state index in [-0.39, 0.29) is 59.7 Å². The van der Waals surface area contributed by atoms with Crippen LogP contribution in [-0.2, 0) is 30.5 Å². The van der Waals surface area contributed by atoms with Crippen LogP contribution < -0.4 is 31.9 Å². The summed E-state index contributed by atoms with van der Waals surface area (Å²) in [5.41, 5.74) is 2.56. The summed E-state index contributed by atoms with van der Waals surface area (Å²) in [6.07, 6.45) is -2.10. The molecule has 1 aliphatic rings. The van der Waals surface area contributed by atoms with E-state index < -0.39 is 72.2 Å². The Balaban J connectivity index is 1.12. The minimum absolute atomic E-state index is 0.00173. The number of thiazole rings is 6. The number of carboxylic acid groups (broad SMARTS) is 1. The molecule has 0 aliphatic carbocycles. The third-order valence-corrected chi connectivity index (χ3v) is 17.8. The van der Waals surface area contributed by atoms with Gasteiger partial charge in [0.1, 0.15) is 82.2 Å². The van der Waals surface area contributed by atoms with Gasteiger partial charge in [0.05, 0.1) is 48.6 Å². The third-order valence-electron chi connectivity index (χ3n) is 12.1. The summed E-state index contributed by atoms with van der Waals surface area (Å²) in [6.45, 7) is 4.93. The van der Waals surface area contributed by atoms with E-state index in [1.54, 1.807) is 70.9 Å². The summed E-state index contributed by atoms with van der Waals surface area (Å²) in [4.78, 5) is 127. The van der Waals surface area contributed by atoms with Gasteiger partial charge in [0.2, 0.25) is 17.7 Å². The number of aliphatic hydroxyl groups excluding tert-OH is 1. The number of carbonyl (C=O) groups excluding carboxylic acids is 6. The molecule has 4 atom stereocenters. The number of methoxy groups -OCH3 is 1. The van der Waals surface area contributed by atoms with Crippen molar-refractivity contribution in [1.29, 1.82) is 0 Å². The van der Waals surface area contributed by atoms with E-state index in [0.29, 0.717) is 68.7 Å². The van der Waals surface area contributed by atoms with Crippen LogP contribution in [0.15, 0.2) is 64.0 Å². The molecule has 0 fully saturated rings. The number of rotatable bonds is 12. The van der Waals surface area contributed by atoms with E-state index >= 15 is 0 Å². The molecule has 1 aliphatic heterocycles. The third kappa shape index (κ3) is 13.2. The predicted octanol–water partition coefficient (Wildman–Crippen LogP) is 7.12. The van der Waals surface area contributed by atoms with E-state index in [4.69, 9.17) is 29.8 Å². The zero-order chi connectivity index (χ0) is 56.8. The SMILES string of the molecule is CNC(=O)C[C@@H]1NC(=O)c2csc(n2)-c2ccc(-c3nc(NC(=O)CCC(=O)O)cs3)nc2-c2csc(n2)-c2csc(n2)[C@H]([C@@H](O)c2ccccc2)NC(=O)CNC(=O)c2nc(sc2COC)C(C(C)C)NC(=O)c2nc1sc2C. The number of benzene rings is 1. The molecule has 1 aromatic carbocycles. The van der Waals surface area contributed by atoms with Gasteiger partial charge in [0, 0.05) is 52.5 Å². The van der Waals surface area contributed by atoms with Crippen LogP contribution in [0.2, 0.25) is 0 Å². The summed E-state index contributed by atoms with van der Waals surface area (Å²) < 4.78 is 5.44. The molecular formula is C51H49N13O10S6. The molecule has 80 heavy (non-hydrogen) atoms. The molecule has 9 rings (SSSR count). The summed E-state index contributed by atoms with van der Waals surface area (Å²) in [5, 5.41) is 46.5. The second kappa shape index (κ2) is 25.2. The molecule has 7 aromatic heterocycles. The van der Waals surface area contributed by atoms with Crippen molar-refractivity contribution in [2.45, 2.75) is 70.9 Å². The zero-order valence-corrected chi connectivity index (χ0v) is 47.9. The Morgan fingerprint density at radius 3 is 2.15 bits per heavy atom. The summed E-state index contributed by atoms with van der Waals surface area (Å²) in [6, 6.07) is 9.37. The maximum atomic E-state index is 14.2. The Morgan fingerprint density at radius 2 is 1.40 bits per heavy atom. The van der Waals surface area contributed by atoms with E-state index in [0.717, 1.165) is 34.0 Å². The molecule has 414 valence electrons. The van der Waals surface area contributed by atoms with Crippen LogP contribution in [0, 0.1) is 12.8 Å². The highest BCUT2D eigenvalue weighted by atomic mass is 32.1. The van der Waals surface area contributed by atoms with Crippen molar-refractivity contribution in [2.75, 3.05) is 26.0 Å². The van der Waals surface area contributed by atoms with Crippen LogP contribution in [0.1, 0.15) is 119 Å². The lowest BCUT2D eigenvalue weighted by Gasteiger charge is -2.23. The first-order valence-corrected chi connectivity index (χ1v) is 29.6. The minimum atomic E-state index is -1.28. The van der Waals surface area contributed by atoms with Gasteiger partial charge in [0.25, 0.3) is 17.7 Å². The lowest BCUT2D eigenvalue weighted by Crippen LogP contribution is -2.40. The van der Waals surface area contributed by atoms with Gasteiger partial charge in [-0.2, -0.15) is 0 Å². The van der Waals surface area contributed by atoms with Crippen molar-refractivity contribution in [1.82, 2.24) is 61.5 Å². The molecule has 10 bridgehead atoms. The summed E-state index contributed by atoms with van der Waals surface area (Å²) in [5.74, 6) is -4.60. The van der Waals surface area contributed by atoms with Crippen LogP contribution in [0.3, 0.4) is 0 Å². The molecule has 23 nitrogen and oxygen atoms in total. The van der Waals surface area contributed by atoms with Gasteiger partial charge in [-0.25, -0.2) is 34.9 Å². The van der Waals surface area contributed by atoms with E-state index in [2.05, 4.69) is 46.9 Å². The van der Waals surface area contributed by atoms with Crippen molar-refractivity contribution in [2.24, 2.45) is 5.92 Å². The van der Waals surface area contributed by atoms with Gasteiger partial charge < -0.3 is 46.9 Å². The zero-order valence-electron chi connectivity index (χ0n) is 43.0. The van der Waals surface area contributed by atoms with Crippen LogP contribution in [-0.4, -0.2) is 107 Å². The largest absolute Gasteiger partial charge is 0.481 e. The predicted molar refractivity (Wildman–Crippen MR) is 302 cm³/mol. The van der Waals surface area contributed by atoms with Crippen LogP contribution >= 0.6 is 68.0 Å². The van der Waals surface area contributed by atoms with Gasteiger partial charge in [-0.05, 0) is 30.5 Å². The van der Waals surface area contributed by atoms with Crippen molar-refractivity contribution in [3.8, 4) is 43.4 Å². The molecule has 1 unspecified atom stereocenters. The van der Waals surface area contributed by atoms with Crippen LogP contribution in [0.4, 0.5) is 5.82 Å². The molecule has 8 heterocycles. The number of carboxylic acids is 1. The van der Waals surface area contributed by atoms with Gasteiger partial charge in [-0.3, -0.25) is 33.6 Å². The first kappa shape index (κ1) is 57.1. The molecule has 6 amide bonds. The molecule has 8 aromatic rings. The monoisotopic (exact) mass is 1200 g/mol. The van der Waals surface area contributed by atoms with Gasteiger partial charge in [0.15, 0.2) is 0 Å². The average Bonchev–Trinajstić information content (AvgIpc) is 4.33. The Bertz CT molecular complexity index is 3620. The number of fused-ring (bicyclic) bond motifs is 14. The fraction of sp³-hybridized carbons (Fsp3) is 0.294. The van der Waals surface area contributed by atoms with Gasteiger partial charge in [-0.15, -0.1) is 68.0 Å². The molecule has 8 N–H and O–H groups in total. The normalized spacial score (nSPS) is 16.5. The Morgan fingerprint density at radius 1 is 0.688 bits per heavy atom. The lowest BCUT2D eigenvalue weighted by molar-refractivity contribution is -0.138. The molecule has 0 radical (unpaired) electrons. The maximum absolute atomic E-state index is 14.2. The van der Waals surface area contributed by atoms with Crippen molar-refractivity contribution in [3.63, 3.8) is 0 Å². The lowest BCUT2D eigenvalue weighted by atomic mass is 10.0. The smallest absolute Gasteiger partial charge is 0.303 e. The number of anilines is 1. The number of amides is 6. The Kier molecular flexibility index (Phi) is 18.0. The average molecular weight is 1200 g/mol. The van der Waals surface area contributed by atoms with Gasteiger partial charge in [-0.1, -0.05) is 44.2 Å². The number of pyridine rings is 1. The number of aliphatic carboxylic acids is 1. The number of aliphatic hydroxyl groups is 1. The second-order valence-electron chi connectivity index (χ2n) is 18.1. The number of ether oxygens (including phenoxy) is 1. The second-order valence-corrected chi connectivity index (χ2v) is 23.9. The minimum Gasteiger partial charge on any atom is -0.481 e. The van der Waals surface area contributed by atoms with Crippen molar-refractivity contribution < 1.29 is 48.5 Å². The maximum Gasteiger partial charge on any atom is 0.303 e. The number of carbonyl (C=O) groups is 7. The highest BCUT2D eigenvalue weighted by Gasteiger charge is 2.33. The molecule has 0 saturated heterocycles. The number of aryl methyl sites for hydroxylation is 1. The van der Waals surface area contributed by atoms with E-state index in [9.17, 15) is 38.7 Å². The first-order chi connectivity index (χ1) is 38.5. The fourth-order valence-corrected chi connectivity index (χ4v) is 13.6. The summed E-state index contributed by atoms with van der Waals surface area (Å²) in [7, 11) is 2.93. The standard InChI is InChI=1S/C51H49N13O10S6/c1-22(2)37-51-64-40(31(80-51)17-74-5)44(72)53-16-35(67)61-41(42(70)24-9-7-6-8-10-24)50-58-30(20-77-50)48-56-28(18-76-48)39-25(11-12-26(54-39)47-60-32(21-78-47)59-33(65)13-14-36(68)69)46-57-29(19-75-46)43(71)55-27(15-34(66)52-4)49-63-38(23(3)79-49)45(73)62-37/h6-12,18-22,27,37,41-42,70H,13-17H2,1-5H3,(H,52,66)(H,53,72)(H,55,71)(H,59,65)(H,61,67)(H,62,73)(H,68,69)/t27-,37?,41-,42-/m0/s1. The molecule has 0 spiro atoms. The Hall–Kier alpha value is -7.64. The van der Waals surface area contributed by atoms with Crippen LogP contribution in [0.5, 0.6) is 0 Å². The van der Waals surface area contributed by atoms with Gasteiger partial charge >= 0.3 is 5.97 Å². The highest BCUT2D eigenvalue weighted by molar-refractivity contribution is 7.15. The first-order valence-electron chi connectivity index (χ1n) is 24.4. The fourth-order valence-electron chi connectivity index (χ4n) is 8.07. The van der Waals surface area contributed by atoms with Crippen molar-refractivity contribution in [3.05, 3.63) is 111 Å². The van der Waals surface area contributed by atoms with Crippen molar-refractivity contribution >= 4 is 115 Å². The van der Waals surface area contributed by atoms with Crippen LogP contribution in [0.25, 0.3) is 43.4 Å². The quantitative estimate of drug-likeness (QED) is 0.0604. The molecular weight excluding hydrogens is 1150 g/mol. The highest BCUT2D eigenvalue weighted by Crippen LogP contribution is 2.40. The Labute approximate surface area is 479 Å². The van der Waals surface area contributed by atoms with E-state index in [1.165, 1.54) is 48.2 Å². The molecule has 0 saturated carbocycles. The molecule has 29 heteroatoms. The summed E-state index contributed by atoms with van der Waals surface area (Å²) >= 11 is 7.07. The number of hydrogen-bond donors (Lipinski definition) is 8.